The highest BCUT2D eigenvalue weighted by molar-refractivity contribution is 6.40. The molecule has 0 saturated carbocycles. The molecule has 8 rings (SSSR count). The number of carbonyl (C=O) groups is 3. The topological polar surface area (TPSA) is 171 Å². The highest BCUT2D eigenvalue weighted by Crippen LogP contribution is 2.41. The number of methoxy groups -OCH3 is 2. The van der Waals surface area contributed by atoms with Gasteiger partial charge in [-0.05, 0) is 79.0 Å². The van der Waals surface area contributed by atoms with E-state index in [0.29, 0.717) is 24.6 Å². The van der Waals surface area contributed by atoms with Gasteiger partial charge in [-0.15, -0.1) is 0 Å². The minimum Gasteiger partial charge on any atom is -0.456 e. The summed E-state index contributed by atoms with van der Waals surface area (Å²) in [5.41, 5.74) is 8.03. The molecular formula is C46H48N8O6. The molecule has 6 heterocycles. The molecule has 2 saturated heterocycles. The van der Waals surface area contributed by atoms with Crippen molar-refractivity contribution in [3.63, 3.8) is 0 Å². The van der Waals surface area contributed by atoms with Crippen LogP contribution in [0.1, 0.15) is 88.4 Å². The minimum atomic E-state index is -0.795. The van der Waals surface area contributed by atoms with Crippen LogP contribution in [0.3, 0.4) is 0 Å². The number of benzene rings is 3. The number of H-pyrrole nitrogens is 2. The Morgan fingerprint density at radius 2 is 1.45 bits per heavy atom. The van der Waals surface area contributed by atoms with E-state index in [1.807, 2.05) is 52.1 Å². The van der Waals surface area contributed by atoms with Crippen LogP contribution in [0.5, 0.6) is 0 Å². The second-order valence-corrected chi connectivity index (χ2v) is 15.9. The number of hydrogen-bond acceptors (Lipinski definition) is 9. The molecule has 0 unspecified atom stereocenters. The summed E-state index contributed by atoms with van der Waals surface area (Å²) in [6.07, 6.45) is 5.74. The number of rotatable bonds is 9. The van der Waals surface area contributed by atoms with Gasteiger partial charge in [-0.3, -0.25) is 9.69 Å². The summed E-state index contributed by atoms with van der Waals surface area (Å²) in [5.74, 6) is 7.70. The van der Waals surface area contributed by atoms with Crippen molar-refractivity contribution in [2.75, 3.05) is 33.9 Å². The zero-order valence-corrected chi connectivity index (χ0v) is 34.7. The Labute approximate surface area is 347 Å². The van der Waals surface area contributed by atoms with Gasteiger partial charge in [-0.25, -0.2) is 19.6 Å². The number of nitrogens with zero attached hydrogens (tertiary/aromatic N) is 6. The Hall–Kier alpha value is -6.59. The number of hydrogen-bond donors (Lipinski definition) is 2. The lowest BCUT2D eigenvalue weighted by Gasteiger charge is -2.24. The van der Waals surface area contributed by atoms with Gasteiger partial charge in [0, 0.05) is 41.1 Å². The highest BCUT2D eigenvalue weighted by Gasteiger charge is 2.35. The molecule has 2 N–H and O–H groups in total. The maximum atomic E-state index is 13.5. The number of aliphatic imine (C=N–C) groups is 2. The molecule has 2 fully saturated rings. The largest absolute Gasteiger partial charge is 0.456 e. The van der Waals surface area contributed by atoms with E-state index >= 15 is 0 Å². The van der Waals surface area contributed by atoms with E-state index < -0.39 is 12.2 Å². The van der Waals surface area contributed by atoms with Crippen molar-refractivity contribution in [3.8, 4) is 34.2 Å². The zero-order chi connectivity index (χ0) is 42.1. The second kappa shape index (κ2) is 16.9. The first-order valence-corrected chi connectivity index (χ1v) is 20.4. The molecule has 0 radical (unpaired) electrons. The molecule has 3 amide bonds. The van der Waals surface area contributed by atoms with Gasteiger partial charge in [0.1, 0.15) is 34.2 Å². The van der Waals surface area contributed by atoms with Crippen molar-refractivity contribution in [2.24, 2.45) is 21.8 Å². The summed E-state index contributed by atoms with van der Waals surface area (Å²) in [4.78, 5) is 65.9. The molecule has 14 nitrogen and oxygen atoms in total. The van der Waals surface area contributed by atoms with E-state index in [0.717, 1.165) is 93.7 Å². The molecule has 6 aromatic rings. The van der Waals surface area contributed by atoms with Crippen molar-refractivity contribution in [1.82, 2.24) is 29.7 Å². The van der Waals surface area contributed by atoms with Crippen LogP contribution >= 0.6 is 0 Å². The van der Waals surface area contributed by atoms with Crippen LogP contribution in [0, 0.1) is 23.7 Å². The fourth-order valence-electron chi connectivity index (χ4n) is 8.30. The standard InChI is InChI=1S/C46H48N8O6/c1-26(2)34(51-45(56)58-5)25-53-21-7-9-35(53)42-48-24-33(50-42)29-13-11-28(12-14-29)32-18-16-30(39-37-19-20-38(60-37)40(32)39)15-17-31-23-47-43(49-31)36-10-8-22-54(36)44(55)41(27(3)4)52-46(57)59-6/h11-14,16,18-20,23-24,26-27,35-36H,7-10,21-22,25H2,1-6H3,(H,47,49)(H,48,50)/b51-34-,52-41+/t35-,36-/m0/s1. The van der Waals surface area contributed by atoms with Crippen molar-refractivity contribution in [2.45, 2.75) is 65.5 Å². The lowest BCUT2D eigenvalue weighted by molar-refractivity contribution is -0.125. The van der Waals surface area contributed by atoms with E-state index in [-0.39, 0.29) is 35.5 Å². The van der Waals surface area contributed by atoms with Crippen LogP contribution in [-0.2, 0) is 14.3 Å². The summed E-state index contributed by atoms with van der Waals surface area (Å²) in [5, 5.41) is 1.96. The van der Waals surface area contributed by atoms with Gasteiger partial charge in [0.2, 0.25) is 0 Å². The first-order valence-electron chi connectivity index (χ1n) is 20.4. The van der Waals surface area contributed by atoms with Crippen molar-refractivity contribution >= 4 is 51.5 Å². The third kappa shape index (κ3) is 7.92. The Morgan fingerprint density at radius 3 is 2.18 bits per heavy atom. The number of aromatic amines is 2. The summed E-state index contributed by atoms with van der Waals surface area (Å²) in [6.45, 7) is 9.75. The molecule has 2 bridgehead atoms. The van der Waals surface area contributed by atoms with E-state index in [9.17, 15) is 14.4 Å². The first-order chi connectivity index (χ1) is 29.0. The molecule has 0 aliphatic carbocycles. The van der Waals surface area contributed by atoms with E-state index in [4.69, 9.17) is 18.9 Å². The monoisotopic (exact) mass is 808 g/mol. The van der Waals surface area contributed by atoms with E-state index in [1.165, 1.54) is 14.2 Å². The smallest absolute Gasteiger partial charge is 0.433 e. The number of aromatic nitrogens is 4. The summed E-state index contributed by atoms with van der Waals surface area (Å²) >= 11 is 0. The number of fused-ring (bicyclic) bond motifs is 5. The lowest BCUT2D eigenvalue weighted by Crippen LogP contribution is -2.39. The van der Waals surface area contributed by atoms with Gasteiger partial charge < -0.3 is 28.8 Å². The molecule has 60 heavy (non-hydrogen) atoms. The quantitative estimate of drug-likeness (QED) is 0.107. The van der Waals surface area contributed by atoms with Gasteiger partial charge in [0.05, 0.1) is 44.4 Å². The van der Waals surface area contributed by atoms with Gasteiger partial charge in [0.25, 0.3) is 5.91 Å². The Kier molecular flexibility index (Phi) is 11.4. The molecule has 308 valence electrons. The molecule has 2 atom stereocenters. The Balaban J connectivity index is 1.00. The number of nitrogens with one attached hydrogen (secondary N) is 2. The summed E-state index contributed by atoms with van der Waals surface area (Å²) < 4.78 is 15.7. The molecular weight excluding hydrogens is 761 g/mol. The van der Waals surface area contributed by atoms with E-state index in [1.54, 1.807) is 11.1 Å². The molecule has 2 aromatic carbocycles. The van der Waals surface area contributed by atoms with Crippen molar-refractivity contribution in [1.29, 1.82) is 0 Å². The fourth-order valence-corrected chi connectivity index (χ4v) is 8.30. The third-order valence-electron chi connectivity index (χ3n) is 11.4. The Bertz CT molecular complexity index is 2670. The van der Waals surface area contributed by atoms with Gasteiger partial charge in [-0.2, -0.15) is 9.98 Å². The van der Waals surface area contributed by atoms with Crippen LogP contribution < -0.4 is 0 Å². The number of imidazole rings is 2. The fraction of sp³-hybridized carbons (Fsp3) is 0.370. The number of carbonyl (C=O) groups excluding carboxylic acids is 3. The SMILES string of the molecule is COC(=O)/N=C(/CN1CCC[C@H]1c1ncc(-c2ccc(-c3ccc(C#Cc4cnc([C@@H]5CCCN5C(=O)/C(=N/C(=O)OC)C(C)C)[nH]4)c4c5ccc(o5)c34)cc2)[nH]1)C(C)C. The first kappa shape index (κ1) is 40.2. The van der Waals surface area contributed by atoms with Crippen LogP contribution in [0.4, 0.5) is 9.59 Å². The number of furan rings is 2. The zero-order valence-electron chi connectivity index (χ0n) is 34.7. The number of likely N-dealkylation sites (tertiary alicyclic amines) is 2. The molecule has 14 heteroatoms. The van der Waals surface area contributed by atoms with Crippen LogP contribution in [-0.4, -0.2) is 93.1 Å². The van der Waals surface area contributed by atoms with Gasteiger partial charge >= 0.3 is 12.2 Å². The molecule has 2 aliphatic heterocycles. The van der Waals surface area contributed by atoms with Crippen molar-refractivity contribution < 1.29 is 28.3 Å². The number of ether oxygens (including phenoxy) is 2. The van der Waals surface area contributed by atoms with Gasteiger partial charge in [0.15, 0.2) is 0 Å². The molecule has 4 aromatic heterocycles. The Morgan fingerprint density at radius 1 is 0.783 bits per heavy atom. The van der Waals surface area contributed by atoms with Crippen LogP contribution in [0.25, 0.3) is 44.3 Å². The number of amides is 3. The summed E-state index contributed by atoms with van der Waals surface area (Å²) in [6, 6.07) is 16.3. The normalized spacial score (nSPS) is 17.6. The maximum Gasteiger partial charge on any atom is 0.433 e. The predicted octanol–water partition coefficient (Wildman–Crippen LogP) is 8.73. The third-order valence-corrected chi connectivity index (χ3v) is 11.4. The molecule has 0 spiro atoms. The highest BCUT2D eigenvalue weighted by atomic mass is 16.5. The molecule has 2 aliphatic rings. The average Bonchev–Trinajstić information content (AvgIpc) is 4.12. The predicted molar refractivity (Wildman–Crippen MR) is 229 cm³/mol. The lowest BCUT2D eigenvalue weighted by atomic mass is 9.94. The van der Waals surface area contributed by atoms with Crippen LogP contribution in [0.2, 0.25) is 0 Å². The minimum absolute atomic E-state index is 0.101. The second-order valence-electron chi connectivity index (χ2n) is 15.9. The van der Waals surface area contributed by atoms with Crippen molar-refractivity contribution in [3.05, 3.63) is 83.8 Å². The van der Waals surface area contributed by atoms with Gasteiger partial charge in [-0.1, -0.05) is 63.9 Å². The van der Waals surface area contributed by atoms with E-state index in [2.05, 4.69) is 72.0 Å². The average molecular weight is 809 g/mol. The van der Waals surface area contributed by atoms with Crippen LogP contribution in [0.15, 0.2) is 75.3 Å². The summed E-state index contributed by atoms with van der Waals surface area (Å²) in [7, 11) is 2.59. The maximum absolute atomic E-state index is 13.5.